The van der Waals surface area contributed by atoms with E-state index < -0.39 is 0 Å². The molecule has 0 radical (unpaired) electrons. The van der Waals surface area contributed by atoms with Crippen LogP contribution in [-0.2, 0) is 11.8 Å². The lowest BCUT2D eigenvalue weighted by molar-refractivity contribution is 0.259. The predicted molar refractivity (Wildman–Crippen MR) is 54.6 cm³/mol. The fourth-order valence-electron chi connectivity index (χ4n) is 3.92. The first-order valence-electron chi connectivity index (χ1n) is 5.59. The third-order valence-electron chi connectivity index (χ3n) is 4.77. The number of aryl methyl sites for hydroxylation is 1. The van der Waals surface area contributed by atoms with E-state index in [0.29, 0.717) is 5.41 Å². The van der Waals surface area contributed by atoms with Crippen LogP contribution in [0.1, 0.15) is 24.5 Å². The van der Waals surface area contributed by atoms with E-state index in [2.05, 4.69) is 25.1 Å². The topological polar surface area (TPSA) is 9.23 Å². The summed E-state index contributed by atoms with van der Waals surface area (Å²) >= 11 is 0. The van der Waals surface area contributed by atoms with Gasteiger partial charge in [0.1, 0.15) is 5.75 Å². The van der Waals surface area contributed by atoms with Crippen LogP contribution in [0.5, 0.6) is 5.75 Å². The molecule has 1 aromatic rings. The fourth-order valence-corrected chi connectivity index (χ4v) is 3.92. The van der Waals surface area contributed by atoms with Crippen LogP contribution in [-0.4, -0.2) is 6.61 Å². The summed E-state index contributed by atoms with van der Waals surface area (Å²) in [6.45, 7) is 3.35. The van der Waals surface area contributed by atoms with Gasteiger partial charge in [0.25, 0.3) is 0 Å². The Morgan fingerprint density at radius 1 is 1.43 bits per heavy atom. The lowest BCUT2D eigenvalue weighted by atomic mass is 9.92. The lowest BCUT2D eigenvalue weighted by Gasteiger charge is -2.22. The van der Waals surface area contributed by atoms with Crippen LogP contribution >= 0.6 is 0 Å². The summed E-state index contributed by atoms with van der Waals surface area (Å²) in [5.74, 6) is 2.85. The molecule has 0 bridgehead atoms. The number of benzene rings is 1. The minimum absolute atomic E-state index is 0.546. The highest BCUT2D eigenvalue weighted by atomic mass is 16.5. The average Bonchev–Trinajstić information content (AvgIpc) is 2.62. The molecule has 1 spiro atoms. The normalized spacial score (nSPS) is 41.2. The number of hydrogen-bond donors (Lipinski definition) is 0. The summed E-state index contributed by atoms with van der Waals surface area (Å²) in [6, 6.07) is 6.57. The lowest BCUT2D eigenvalue weighted by Crippen LogP contribution is -2.18. The summed E-state index contributed by atoms with van der Waals surface area (Å²) < 4.78 is 5.83. The molecule has 0 unspecified atom stereocenters. The summed E-state index contributed by atoms with van der Waals surface area (Å²) in [5.41, 5.74) is 3.67. The Balaban J connectivity index is 2.04. The molecule has 3 aliphatic rings. The SMILES string of the molecule is C[C@H]1[C@H]2COc3cccc4c3[C@]21CC4. The Bertz CT molecular complexity index is 423. The smallest absolute Gasteiger partial charge is 0.123 e. The van der Waals surface area contributed by atoms with E-state index in [0.717, 1.165) is 18.4 Å². The van der Waals surface area contributed by atoms with Gasteiger partial charge in [0.05, 0.1) is 6.61 Å². The minimum Gasteiger partial charge on any atom is -0.493 e. The third-order valence-corrected chi connectivity index (χ3v) is 4.77. The van der Waals surface area contributed by atoms with Crippen molar-refractivity contribution in [3.05, 3.63) is 29.3 Å². The Morgan fingerprint density at radius 3 is 3.29 bits per heavy atom. The zero-order valence-corrected chi connectivity index (χ0v) is 8.42. The molecule has 0 amide bonds. The van der Waals surface area contributed by atoms with Crippen molar-refractivity contribution in [1.29, 1.82) is 0 Å². The molecule has 0 aromatic heterocycles. The Kier molecular flexibility index (Phi) is 1.05. The zero-order chi connectivity index (χ0) is 9.34. The van der Waals surface area contributed by atoms with Crippen molar-refractivity contribution in [2.24, 2.45) is 11.8 Å². The molecule has 1 heteroatoms. The Labute approximate surface area is 84.1 Å². The molecule has 1 saturated carbocycles. The fraction of sp³-hybridized carbons (Fsp3) is 0.538. The van der Waals surface area contributed by atoms with Crippen molar-refractivity contribution in [3.63, 3.8) is 0 Å². The third kappa shape index (κ3) is 0.571. The highest BCUT2D eigenvalue weighted by Gasteiger charge is 2.67. The second kappa shape index (κ2) is 2.00. The molecule has 1 aromatic carbocycles. The molecule has 1 aliphatic heterocycles. The average molecular weight is 186 g/mol. The maximum atomic E-state index is 5.83. The van der Waals surface area contributed by atoms with Crippen LogP contribution in [0.25, 0.3) is 0 Å². The summed E-state index contributed by atoms with van der Waals surface area (Å²) in [6.07, 6.45) is 2.64. The van der Waals surface area contributed by atoms with Gasteiger partial charge in [0, 0.05) is 16.9 Å². The summed E-state index contributed by atoms with van der Waals surface area (Å²) in [7, 11) is 0. The van der Waals surface area contributed by atoms with Gasteiger partial charge in [-0.05, 0) is 30.4 Å². The second-order valence-corrected chi connectivity index (χ2v) is 5.04. The summed E-state index contributed by atoms with van der Waals surface area (Å²) in [5, 5.41) is 0. The van der Waals surface area contributed by atoms with E-state index in [9.17, 15) is 0 Å². The van der Waals surface area contributed by atoms with Gasteiger partial charge in [-0.2, -0.15) is 0 Å². The number of rotatable bonds is 0. The molecule has 1 fully saturated rings. The highest BCUT2D eigenvalue weighted by Crippen LogP contribution is 2.69. The monoisotopic (exact) mass is 186 g/mol. The van der Waals surface area contributed by atoms with Gasteiger partial charge in [-0.25, -0.2) is 0 Å². The van der Waals surface area contributed by atoms with E-state index in [1.807, 2.05) is 0 Å². The number of hydrogen-bond acceptors (Lipinski definition) is 1. The van der Waals surface area contributed by atoms with Crippen LogP contribution < -0.4 is 4.74 Å². The molecule has 0 N–H and O–H groups in total. The molecule has 72 valence electrons. The zero-order valence-electron chi connectivity index (χ0n) is 8.42. The van der Waals surface area contributed by atoms with Crippen molar-refractivity contribution in [3.8, 4) is 5.75 Å². The van der Waals surface area contributed by atoms with Crippen LogP contribution in [0.4, 0.5) is 0 Å². The Hall–Kier alpha value is -0.980. The van der Waals surface area contributed by atoms with Gasteiger partial charge in [-0.3, -0.25) is 0 Å². The molecule has 2 aliphatic carbocycles. The van der Waals surface area contributed by atoms with E-state index in [1.165, 1.54) is 18.6 Å². The Morgan fingerprint density at radius 2 is 2.36 bits per heavy atom. The molecular formula is C13H14O. The molecule has 1 nitrogen and oxygen atoms in total. The minimum atomic E-state index is 0.546. The molecule has 1 heterocycles. The van der Waals surface area contributed by atoms with Crippen LogP contribution in [0, 0.1) is 11.8 Å². The molecular weight excluding hydrogens is 172 g/mol. The maximum Gasteiger partial charge on any atom is 0.123 e. The van der Waals surface area contributed by atoms with Crippen molar-refractivity contribution < 1.29 is 4.74 Å². The van der Waals surface area contributed by atoms with Gasteiger partial charge >= 0.3 is 0 Å². The first-order valence-corrected chi connectivity index (χ1v) is 5.59. The molecule has 3 atom stereocenters. The van der Waals surface area contributed by atoms with Gasteiger partial charge in [-0.15, -0.1) is 0 Å². The van der Waals surface area contributed by atoms with Crippen molar-refractivity contribution in [2.75, 3.05) is 6.61 Å². The molecule has 4 rings (SSSR count). The number of ether oxygens (including phenoxy) is 1. The van der Waals surface area contributed by atoms with Crippen LogP contribution in [0.2, 0.25) is 0 Å². The van der Waals surface area contributed by atoms with Gasteiger partial charge < -0.3 is 4.74 Å². The van der Waals surface area contributed by atoms with Crippen molar-refractivity contribution >= 4 is 0 Å². The van der Waals surface area contributed by atoms with Gasteiger partial charge in [0.2, 0.25) is 0 Å². The van der Waals surface area contributed by atoms with Crippen LogP contribution in [0.3, 0.4) is 0 Å². The second-order valence-electron chi connectivity index (χ2n) is 5.04. The van der Waals surface area contributed by atoms with E-state index >= 15 is 0 Å². The van der Waals surface area contributed by atoms with Gasteiger partial charge in [0.15, 0.2) is 0 Å². The highest BCUT2D eigenvalue weighted by molar-refractivity contribution is 5.56. The maximum absolute atomic E-state index is 5.83. The predicted octanol–water partition coefficient (Wildman–Crippen LogP) is 2.53. The van der Waals surface area contributed by atoms with Crippen LogP contribution in [0.15, 0.2) is 18.2 Å². The molecule has 0 saturated heterocycles. The van der Waals surface area contributed by atoms with Gasteiger partial charge in [-0.1, -0.05) is 19.1 Å². The van der Waals surface area contributed by atoms with E-state index in [4.69, 9.17) is 4.74 Å². The van der Waals surface area contributed by atoms with Crippen molar-refractivity contribution in [1.82, 2.24) is 0 Å². The van der Waals surface area contributed by atoms with E-state index in [-0.39, 0.29) is 0 Å². The quantitative estimate of drug-likeness (QED) is 0.605. The van der Waals surface area contributed by atoms with E-state index in [1.54, 1.807) is 11.1 Å². The van der Waals surface area contributed by atoms with Crippen molar-refractivity contribution in [2.45, 2.75) is 25.2 Å². The standard InChI is InChI=1S/C13H14O/c1-8-10-7-14-11-4-2-3-9-5-6-13(8,10)12(9)11/h2-4,8,10H,5-7H2,1H3/t8-,10+,13-/m0/s1. The first kappa shape index (κ1) is 7.33. The molecule has 14 heavy (non-hydrogen) atoms. The summed E-state index contributed by atoms with van der Waals surface area (Å²) in [4.78, 5) is 0. The first-order chi connectivity index (χ1) is 6.84. The largest absolute Gasteiger partial charge is 0.493 e.